The zero-order valence-electron chi connectivity index (χ0n) is 12.4. The summed E-state index contributed by atoms with van der Waals surface area (Å²) < 4.78 is 31.8. The highest BCUT2D eigenvalue weighted by atomic mass is 32.2. The number of rotatable bonds is 6. The smallest absolute Gasteiger partial charge is 0.240 e. The van der Waals surface area contributed by atoms with Crippen LogP contribution in [0.1, 0.15) is 18.5 Å². The summed E-state index contributed by atoms with van der Waals surface area (Å²) in [5.41, 5.74) is 1.42. The van der Waals surface area contributed by atoms with E-state index >= 15 is 0 Å². The number of nitrogens with one attached hydrogen (secondary N) is 1. The number of carbonyl (C=O) groups is 1. The number of benzene rings is 1. The molecule has 0 bridgehead atoms. The molecule has 1 amide bonds. The van der Waals surface area contributed by atoms with Gasteiger partial charge in [-0.3, -0.25) is 4.79 Å². The van der Waals surface area contributed by atoms with E-state index in [0.717, 1.165) is 12.1 Å². The lowest BCUT2D eigenvalue weighted by atomic mass is 10.3. The second-order valence-electron chi connectivity index (χ2n) is 5.27. The second kappa shape index (κ2) is 6.51. The van der Waals surface area contributed by atoms with Crippen LogP contribution in [0.5, 0.6) is 0 Å². The number of oxazole rings is 1. The largest absolute Gasteiger partial charge is 0.451 e. The van der Waals surface area contributed by atoms with Crippen molar-refractivity contribution in [2.75, 3.05) is 18.0 Å². The van der Waals surface area contributed by atoms with E-state index in [1.807, 2.05) is 0 Å². The highest BCUT2D eigenvalue weighted by molar-refractivity contribution is 7.89. The maximum atomic E-state index is 12.2. The first-order valence-corrected chi connectivity index (χ1v) is 8.82. The fraction of sp³-hybridized carbons (Fsp3) is 0.333. The van der Waals surface area contributed by atoms with Crippen LogP contribution in [-0.2, 0) is 21.2 Å². The average Bonchev–Trinajstić information content (AvgIpc) is 3.19. The van der Waals surface area contributed by atoms with E-state index < -0.39 is 10.0 Å². The Morgan fingerprint density at radius 3 is 2.65 bits per heavy atom. The summed E-state index contributed by atoms with van der Waals surface area (Å²) in [6.07, 6.45) is 4.63. The number of aromatic nitrogens is 1. The number of nitrogens with zero attached hydrogens (tertiary/aromatic N) is 2. The summed E-state index contributed by atoms with van der Waals surface area (Å²) in [5.74, 6) is 0.0753. The Bertz CT molecular complexity index is 770. The first kappa shape index (κ1) is 15.7. The van der Waals surface area contributed by atoms with Gasteiger partial charge < -0.3 is 9.32 Å². The summed E-state index contributed by atoms with van der Waals surface area (Å²) in [7, 11) is -3.58. The third-order valence-electron chi connectivity index (χ3n) is 3.69. The minimum absolute atomic E-state index is 0.0753. The predicted octanol–water partition coefficient (Wildman–Crippen LogP) is 1.32. The zero-order valence-corrected chi connectivity index (χ0v) is 13.3. The van der Waals surface area contributed by atoms with E-state index in [-0.39, 0.29) is 17.3 Å². The molecule has 0 aliphatic carbocycles. The number of amides is 1. The van der Waals surface area contributed by atoms with Crippen molar-refractivity contribution >= 4 is 21.6 Å². The van der Waals surface area contributed by atoms with Crippen LogP contribution < -0.4 is 9.62 Å². The molecule has 1 N–H and O–H groups in total. The molecule has 0 unspecified atom stereocenters. The molecule has 7 nitrogen and oxygen atoms in total. The highest BCUT2D eigenvalue weighted by Gasteiger charge is 2.22. The van der Waals surface area contributed by atoms with Gasteiger partial charge in [0.05, 0.1) is 10.6 Å². The molecule has 3 rings (SSSR count). The molecule has 2 aromatic rings. The van der Waals surface area contributed by atoms with Crippen molar-refractivity contribution in [2.45, 2.75) is 24.2 Å². The van der Waals surface area contributed by atoms with Gasteiger partial charge in [-0.05, 0) is 30.7 Å². The number of sulfonamides is 1. The van der Waals surface area contributed by atoms with Crippen LogP contribution in [0, 0.1) is 0 Å². The summed E-state index contributed by atoms with van der Waals surface area (Å²) in [6.45, 7) is 0.919. The Morgan fingerprint density at radius 1 is 1.26 bits per heavy atom. The summed E-state index contributed by atoms with van der Waals surface area (Å²) in [4.78, 5) is 17.5. The normalized spacial score (nSPS) is 15.3. The Kier molecular flexibility index (Phi) is 4.44. The van der Waals surface area contributed by atoms with Crippen LogP contribution in [0.3, 0.4) is 0 Å². The second-order valence-corrected chi connectivity index (χ2v) is 7.04. The Labute approximate surface area is 134 Å². The molecular weight excluding hydrogens is 318 g/mol. The van der Waals surface area contributed by atoms with Gasteiger partial charge in [-0.15, -0.1) is 0 Å². The molecule has 1 saturated heterocycles. The van der Waals surface area contributed by atoms with Crippen molar-refractivity contribution < 1.29 is 17.6 Å². The standard InChI is InChI=1S/C15H17N3O4S/c19-15-2-1-9-18(15)13-3-5-14(6-4-13)23(20,21)17-8-7-12-10-22-11-16-12/h3-6,10-11,17H,1-2,7-9H2. The van der Waals surface area contributed by atoms with Gasteiger partial charge in [0.15, 0.2) is 6.39 Å². The van der Waals surface area contributed by atoms with Crippen LogP contribution >= 0.6 is 0 Å². The topological polar surface area (TPSA) is 92.5 Å². The van der Waals surface area contributed by atoms with Gasteiger partial charge in [-0.25, -0.2) is 18.1 Å². The third-order valence-corrected chi connectivity index (χ3v) is 5.17. The molecule has 2 heterocycles. The first-order valence-electron chi connectivity index (χ1n) is 7.33. The molecule has 0 atom stereocenters. The fourth-order valence-electron chi connectivity index (χ4n) is 2.48. The summed E-state index contributed by atoms with van der Waals surface area (Å²) >= 11 is 0. The SMILES string of the molecule is O=C1CCCN1c1ccc(S(=O)(=O)NCCc2cocn2)cc1. The maximum Gasteiger partial charge on any atom is 0.240 e. The number of hydrogen-bond donors (Lipinski definition) is 1. The van der Waals surface area contributed by atoms with Gasteiger partial charge >= 0.3 is 0 Å². The van der Waals surface area contributed by atoms with Crippen molar-refractivity contribution in [2.24, 2.45) is 0 Å². The lowest BCUT2D eigenvalue weighted by molar-refractivity contribution is -0.117. The summed E-state index contributed by atoms with van der Waals surface area (Å²) in [5, 5.41) is 0. The van der Waals surface area contributed by atoms with Gasteiger partial charge in [0.2, 0.25) is 15.9 Å². The maximum absolute atomic E-state index is 12.2. The Balaban J connectivity index is 1.64. The summed E-state index contributed by atoms with van der Waals surface area (Å²) in [6, 6.07) is 6.35. The molecule has 1 aliphatic heterocycles. The fourth-order valence-corrected chi connectivity index (χ4v) is 3.52. The van der Waals surface area contributed by atoms with E-state index in [2.05, 4.69) is 9.71 Å². The molecule has 1 aliphatic rings. The first-order chi connectivity index (χ1) is 11.1. The number of carbonyl (C=O) groups excluding carboxylic acids is 1. The van der Waals surface area contributed by atoms with Crippen LogP contribution in [0.15, 0.2) is 46.2 Å². The van der Waals surface area contributed by atoms with Crippen LogP contribution in [-0.4, -0.2) is 32.4 Å². The minimum Gasteiger partial charge on any atom is -0.451 e. The molecule has 1 fully saturated rings. The van der Waals surface area contributed by atoms with E-state index in [1.165, 1.54) is 24.8 Å². The van der Waals surface area contributed by atoms with E-state index in [1.54, 1.807) is 17.0 Å². The van der Waals surface area contributed by atoms with Crippen LogP contribution in [0.2, 0.25) is 0 Å². The molecule has 0 saturated carbocycles. The van der Waals surface area contributed by atoms with Crippen molar-refractivity contribution in [3.8, 4) is 0 Å². The quantitative estimate of drug-likeness (QED) is 0.859. The number of hydrogen-bond acceptors (Lipinski definition) is 5. The lowest BCUT2D eigenvalue weighted by Gasteiger charge is -2.16. The monoisotopic (exact) mass is 335 g/mol. The minimum atomic E-state index is -3.58. The molecule has 0 spiro atoms. The third kappa shape index (κ3) is 3.59. The molecule has 23 heavy (non-hydrogen) atoms. The van der Waals surface area contributed by atoms with Gasteiger partial charge in [0, 0.05) is 31.6 Å². The molecule has 122 valence electrons. The number of anilines is 1. The van der Waals surface area contributed by atoms with Crippen molar-refractivity contribution in [3.63, 3.8) is 0 Å². The van der Waals surface area contributed by atoms with Crippen molar-refractivity contribution in [3.05, 3.63) is 42.6 Å². The Morgan fingerprint density at radius 2 is 2.04 bits per heavy atom. The van der Waals surface area contributed by atoms with E-state index in [4.69, 9.17) is 4.42 Å². The predicted molar refractivity (Wildman–Crippen MR) is 83.4 cm³/mol. The molecule has 0 radical (unpaired) electrons. The van der Waals surface area contributed by atoms with Gasteiger partial charge in [-0.2, -0.15) is 0 Å². The van der Waals surface area contributed by atoms with E-state index in [9.17, 15) is 13.2 Å². The van der Waals surface area contributed by atoms with E-state index in [0.29, 0.717) is 25.1 Å². The van der Waals surface area contributed by atoms with Crippen molar-refractivity contribution in [1.82, 2.24) is 9.71 Å². The van der Waals surface area contributed by atoms with Crippen molar-refractivity contribution in [1.29, 1.82) is 0 Å². The highest BCUT2D eigenvalue weighted by Crippen LogP contribution is 2.22. The molecule has 1 aromatic heterocycles. The molecular formula is C15H17N3O4S. The lowest BCUT2D eigenvalue weighted by Crippen LogP contribution is -2.26. The van der Waals surface area contributed by atoms with Gasteiger partial charge in [-0.1, -0.05) is 0 Å². The Hall–Kier alpha value is -2.19. The van der Waals surface area contributed by atoms with Gasteiger partial charge in [0.1, 0.15) is 6.26 Å². The van der Waals surface area contributed by atoms with Gasteiger partial charge in [0.25, 0.3) is 0 Å². The average molecular weight is 335 g/mol. The molecule has 1 aromatic carbocycles. The van der Waals surface area contributed by atoms with Crippen LogP contribution in [0.25, 0.3) is 0 Å². The zero-order chi connectivity index (χ0) is 16.3. The molecule has 8 heteroatoms. The van der Waals surface area contributed by atoms with Crippen LogP contribution in [0.4, 0.5) is 5.69 Å².